The van der Waals surface area contributed by atoms with Crippen molar-refractivity contribution in [3.63, 3.8) is 0 Å². The molecule has 0 radical (unpaired) electrons. The molecule has 48 heavy (non-hydrogen) atoms. The van der Waals surface area contributed by atoms with E-state index < -0.39 is 11.8 Å². The van der Waals surface area contributed by atoms with Crippen LogP contribution in [0.1, 0.15) is 54.1 Å². The Labute approximate surface area is 279 Å². The van der Waals surface area contributed by atoms with Crippen molar-refractivity contribution in [1.82, 2.24) is 0 Å². The van der Waals surface area contributed by atoms with Gasteiger partial charge in [0.05, 0.1) is 11.4 Å². The van der Waals surface area contributed by atoms with Crippen molar-refractivity contribution in [3.8, 4) is 11.5 Å². The Morgan fingerprint density at radius 3 is 1.21 bits per heavy atom. The molecule has 2 N–H and O–H groups in total. The Balaban J connectivity index is 1.17. The van der Waals surface area contributed by atoms with Gasteiger partial charge in [0.15, 0.2) is 24.8 Å². The summed E-state index contributed by atoms with van der Waals surface area (Å²) >= 11 is 0. The Hall–Kier alpha value is -6.02. The summed E-state index contributed by atoms with van der Waals surface area (Å²) in [5.74, 6) is -0.0228. The minimum Gasteiger partial charge on any atom is -0.483 e. The van der Waals surface area contributed by atoms with Crippen LogP contribution in [0.5, 0.6) is 11.5 Å². The number of ketones is 2. The number of ether oxygens (including phenoxy) is 2. The second kappa shape index (κ2) is 15.0. The number of amides is 2. The molecule has 0 spiro atoms. The molecule has 8 heteroatoms. The highest BCUT2D eigenvalue weighted by atomic mass is 16.5. The molecule has 0 bridgehead atoms. The Kier molecular flexibility index (Phi) is 10.5. The fourth-order valence-electron chi connectivity index (χ4n) is 5.23. The summed E-state index contributed by atoms with van der Waals surface area (Å²) in [5.41, 5.74) is 6.06. The van der Waals surface area contributed by atoms with Crippen molar-refractivity contribution in [2.24, 2.45) is 0 Å². The lowest BCUT2D eigenvalue weighted by atomic mass is 9.97. The van der Waals surface area contributed by atoms with E-state index in [0.717, 1.165) is 22.3 Å². The number of anilines is 2. The van der Waals surface area contributed by atoms with Crippen LogP contribution in [-0.2, 0) is 9.59 Å². The van der Waals surface area contributed by atoms with Gasteiger partial charge in [0.2, 0.25) is 0 Å². The molecule has 0 heterocycles. The Morgan fingerprint density at radius 1 is 0.479 bits per heavy atom. The van der Waals surface area contributed by atoms with Crippen molar-refractivity contribution >= 4 is 34.8 Å². The minimum absolute atomic E-state index is 0.0805. The van der Waals surface area contributed by atoms with E-state index >= 15 is 0 Å². The summed E-state index contributed by atoms with van der Waals surface area (Å²) in [6.45, 7) is 6.75. The molecule has 0 aliphatic rings. The average Bonchev–Trinajstić information content (AvgIpc) is 3.09. The third kappa shape index (κ3) is 8.03. The number of nitrogens with one attached hydrogen (secondary N) is 2. The van der Waals surface area contributed by atoms with Crippen LogP contribution in [0.3, 0.4) is 0 Å². The van der Waals surface area contributed by atoms with Gasteiger partial charge in [-0.2, -0.15) is 0 Å². The molecule has 0 atom stereocenters. The molecular formula is C40H36N2O6. The lowest BCUT2D eigenvalue weighted by Crippen LogP contribution is -2.24. The fraction of sp³-hybridized carbons (Fsp3) is 0.150. The van der Waals surface area contributed by atoms with E-state index in [4.69, 9.17) is 9.47 Å². The summed E-state index contributed by atoms with van der Waals surface area (Å²) in [7, 11) is 0. The van der Waals surface area contributed by atoms with Crippen LogP contribution < -0.4 is 20.1 Å². The van der Waals surface area contributed by atoms with Gasteiger partial charge in [-0.05, 0) is 86.3 Å². The second-order valence-corrected chi connectivity index (χ2v) is 11.5. The standard InChI is InChI=1S/C40H36N2O6/c1-25-21-35(27(3)19-31(25)39(45)29-13-7-5-8-14-29)47-23-37(43)41-33-17-11-12-18-34(33)42-38(44)24-48-36-22-26(2)32(20-28(36)4)40(46)30-15-9-6-10-16-30/h5-22H,23-24H2,1-4H3,(H,41,43)(H,42,44). The molecule has 242 valence electrons. The lowest BCUT2D eigenvalue weighted by Gasteiger charge is -2.15. The van der Waals surface area contributed by atoms with Crippen LogP contribution in [-0.4, -0.2) is 36.6 Å². The van der Waals surface area contributed by atoms with E-state index in [1.54, 1.807) is 72.8 Å². The van der Waals surface area contributed by atoms with E-state index in [1.165, 1.54) is 0 Å². The van der Waals surface area contributed by atoms with E-state index in [1.807, 2.05) is 64.1 Å². The van der Waals surface area contributed by atoms with Gasteiger partial charge in [-0.15, -0.1) is 0 Å². The van der Waals surface area contributed by atoms with Crippen molar-refractivity contribution in [2.45, 2.75) is 27.7 Å². The molecule has 0 saturated heterocycles. The number of carbonyl (C=O) groups is 4. The Morgan fingerprint density at radius 2 is 0.833 bits per heavy atom. The molecule has 5 aromatic carbocycles. The van der Waals surface area contributed by atoms with Gasteiger partial charge in [0, 0.05) is 22.3 Å². The summed E-state index contributed by atoms with van der Waals surface area (Å²) in [6, 6.07) is 32.0. The van der Waals surface area contributed by atoms with Gasteiger partial charge in [-0.25, -0.2) is 0 Å². The maximum absolute atomic E-state index is 13.0. The predicted molar refractivity (Wildman–Crippen MR) is 186 cm³/mol. The third-order valence-corrected chi connectivity index (χ3v) is 7.80. The van der Waals surface area contributed by atoms with Gasteiger partial charge >= 0.3 is 0 Å². The van der Waals surface area contributed by atoms with Crippen LogP contribution in [0.15, 0.2) is 109 Å². The highest BCUT2D eigenvalue weighted by Crippen LogP contribution is 2.27. The van der Waals surface area contributed by atoms with Crippen LogP contribution in [0.4, 0.5) is 11.4 Å². The molecule has 0 fully saturated rings. The zero-order valence-corrected chi connectivity index (χ0v) is 27.3. The van der Waals surface area contributed by atoms with Crippen molar-refractivity contribution in [3.05, 3.63) is 154 Å². The number of para-hydroxylation sites is 2. The van der Waals surface area contributed by atoms with Crippen LogP contribution in [0.25, 0.3) is 0 Å². The number of rotatable bonds is 12. The monoisotopic (exact) mass is 640 g/mol. The summed E-state index contributed by atoms with van der Waals surface area (Å²) in [4.78, 5) is 51.7. The van der Waals surface area contributed by atoms with Gasteiger partial charge in [0.25, 0.3) is 11.8 Å². The first kappa shape index (κ1) is 33.3. The number of carbonyl (C=O) groups excluding carboxylic acids is 4. The molecule has 0 unspecified atom stereocenters. The van der Waals surface area contributed by atoms with E-state index in [9.17, 15) is 19.2 Å². The Bertz CT molecular complexity index is 1840. The van der Waals surface area contributed by atoms with Crippen LogP contribution >= 0.6 is 0 Å². The van der Waals surface area contributed by atoms with E-state index in [0.29, 0.717) is 45.1 Å². The SMILES string of the molecule is Cc1cc(C(=O)c2ccccc2)c(C)cc1OCC(=O)Nc1ccccc1NC(=O)COc1cc(C)c(C(=O)c2ccccc2)cc1C. The molecule has 0 aliphatic carbocycles. The average molecular weight is 641 g/mol. The van der Waals surface area contributed by atoms with Crippen LogP contribution in [0.2, 0.25) is 0 Å². The number of hydrogen-bond acceptors (Lipinski definition) is 6. The first-order valence-corrected chi connectivity index (χ1v) is 15.5. The number of aryl methyl sites for hydroxylation is 4. The van der Waals surface area contributed by atoms with Crippen molar-refractivity contribution in [2.75, 3.05) is 23.8 Å². The third-order valence-electron chi connectivity index (χ3n) is 7.80. The van der Waals surface area contributed by atoms with Gasteiger partial charge in [0.1, 0.15) is 11.5 Å². The smallest absolute Gasteiger partial charge is 0.262 e. The molecule has 5 aromatic rings. The number of benzene rings is 5. The lowest BCUT2D eigenvalue weighted by molar-refractivity contribution is -0.119. The molecule has 0 aliphatic heterocycles. The minimum atomic E-state index is -0.425. The molecular weight excluding hydrogens is 604 g/mol. The quantitative estimate of drug-likeness (QED) is 0.137. The van der Waals surface area contributed by atoms with Gasteiger partial charge in [-0.1, -0.05) is 72.8 Å². The second-order valence-electron chi connectivity index (χ2n) is 11.5. The molecule has 8 nitrogen and oxygen atoms in total. The van der Waals surface area contributed by atoms with Crippen molar-refractivity contribution < 1.29 is 28.7 Å². The number of hydrogen-bond donors (Lipinski definition) is 2. The largest absolute Gasteiger partial charge is 0.483 e. The molecule has 5 rings (SSSR count). The fourth-order valence-corrected chi connectivity index (χ4v) is 5.23. The first-order valence-electron chi connectivity index (χ1n) is 15.5. The first-order chi connectivity index (χ1) is 23.1. The van der Waals surface area contributed by atoms with Gasteiger partial charge in [-0.3, -0.25) is 19.2 Å². The highest BCUT2D eigenvalue weighted by Gasteiger charge is 2.17. The normalized spacial score (nSPS) is 10.6. The molecule has 2 amide bonds. The highest BCUT2D eigenvalue weighted by molar-refractivity contribution is 6.10. The zero-order valence-electron chi connectivity index (χ0n) is 27.3. The summed E-state index contributed by atoms with van der Waals surface area (Å²) in [5, 5.41) is 5.57. The van der Waals surface area contributed by atoms with Gasteiger partial charge < -0.3 is 20.1 Å². The van der Waals surface area contributed by atoms with E-state index in [-0.39, 0.29) is 24.8 Å². The summed E-state index contributed by atoms with van der Waals surface area (Å²) < 4.78 is 11.6. The van der Waals surface area contributed by atoms with E-state index in [2.05, 4.69) is 10.6 Å². The molecule has 0 aromatic heterocycles. The van der Waals surface area contributed by atoms with Crippen LogP contribution in [0, 0.1) is 27.7 Å². The topological polar surface area (TPSA) is 111 Å². The maximum atomic E-state index is 13.0. The zero-order chi connectivity index (χ0) is 34.2. The predicted octanol–water partition coefficient (Wildman–Crippen LogP) is 7.42. The maximum Gasteiger partial charge on any atom is 0.262 e. The summed E-state index contributed by atoms with van der Waals surface area (Å²) in [6.07, 6.45) is 0. The van der Waals surface area contributed by atoms with Crippen molar-refractivity contribution in [1.29, 1.82) is 0 Å². The molecule has 0 saturated carbocycles.